The van der Waals surface area contributed by atoms with E-state index in [-0.39, 0.29) is 6.10 Å². The molecule has 1 aliphatic heterocycles. The highest BCUT2D eigenvalue weighted by molar-refractivity contribution is 7.99. The molecule has 0 aromatic heterocycles. The number of thioether (sulfide) groups is 1. The fraction of sp³-hybridized carbons (Fsp3) is 1.00. The standard InChI is InChI=1S/C9H19NOS/c1-8(11)2-5-10-9-3-6-12-7-4-9/h8-11H,2-7H2,1H3. The zero-order valence-electron chi connectivity index (χ0n) is 7.75. The first-order valence-corrected chi connectivity index (χ1v) is 5.93. The van der Waals surface area contributed by atoms with Crippen LogP contribution in [0.5, 0.6) is 0 Å². The molecule has 0 aromatic carbocycles. The van der Waals surface area contributed by atoms with E-state index in [4.69, 9.17) is 5.11 Å². The van der Waals surface area contributed by atoms with Gasteiger partial charge in [-0.25, -0.2) is 0 Å². The van der Waals surface area contributed by atoms with Gasteiger partial charge in [0.05, 0.1) is 6.10 Å². The fourth-order valence-electron chi connectivity index (χ4n) is 1.40. The maximum atomic E-state index is 9.04. The number of aliphatic hydroxyl groups is 1. The maximum absolute atomic E-state index is 9.04. The van der Waals surface area contributed by atoms with Crippen molar-refractivity contribution in [2.24, 2.45) is 0 Å². The normalized spacial score (nSPS) is 22.5. The van der Waals surface area contributed by atoms with Crippen molar-refractivity contribution >= 4 is 11.8 Å². The van der Waals surface area contributed by atoms with Crippen molar-refractivity contribution in [3.63, 3.8) is 0 Å². The zero-order chi connectivity index (χ0) is 8.81. The number of hydrogen-bond acceptors (Lipinski definition) is 3. The van der Waals surface area contributed by atoms with Crippen LogP contribution in [0, 0.1) is 0 Å². The molecule has 2 nitrogen and oxygen atoms in total. The molecular weight excluding hydrogens is 170 g/mol. The third kappa shape index (κ3) is 4.33. The van der Waals surface area contributed by atoms with Crippen LogP contribution in [0.3, 0.4) is 0 Å². The molecule has 0 aromatic rings. The van der Waals surface area contributed by atoms with Crippen LogP contribution in [0.15, 0.2) is 0 Å². The summed E-state index contributed by atoms with van der Waals surface area (Å²) in [7, 11) is 0. The second-order valence-corrected chi connectivity index (χ2v) is 4.70. The van der Waals surface area contributed by atoms with Crippen LogP contribution in [-0.4, -0.2) is 35.3 Å². The van der Waals surface area contributed by atoms with E-state index < -0.39 is 0 Å². The predicted molar refractivity (Wildman–Crippen MR) is 54.6 cm³/mol. The molecule has 0 spiro atoms. The molecule has 0 amide bonds. The van der Waals surface area contributed by atoms with E-state index in [1.165, 1.54) is 24.3 Å². The van der Waals surface area contributed by atoms with Crippen LogP contribution in [0.2, 0.25) is 0 Å². The van der Waals surface area contributed by atoms with Crippen molar-refractivity contribution < 1.29 is 5.11 Å². The van der Waals surface area contributed by atoms with Gasteiger partial charge < -0.3 is 10.4 Å². The number of hydrogen-bond donors (Lipinski definition) is 2. The Kier molecular flexibility index (Phi) is 5.04. The maximum Gasteiger partial charge on any atom is 0.0524 e. The Bertz CT molecular complexity index is 113. The van der Waals surface area contributed by atoms with E-state index in [2.05, 4.69) is 5.32 Å². The van der Waals surface area contributed by atoms with Gasteiger partial charge in [0, 0.05) is 6.04 Å². The Morgan fingerprint density at radius 2 is 2.17 bits per heavy atom. The summed E-state index contributed by atoms with van der Waals surface area (Å²) in [5.41, 5.74) is 0. The smallest absolute Gasteiger partial charge is 0.0524 e. The lowest BCUT2D eigenvalue weighted by atomic mass is 10.1. The molecule has 1 aliphatic rings. The van der Waals surface area contributed by atoms with Gasteiger partial charge in [0.15, 0.2) is 0 Å². The summed E-state index contributed by atoms with van der Waals surface area (Å²) in [4.78, 5) is 0. The average molecular weight is 189 g/mol. The summed E-state index contributed by atoms with van der Waals surface area (Å²) in [5, 5.41) is 12.5. The van der Waals surface area contributed by atoms with Gasteiger partial charge in [-0.3, -0.25) is 0 Å². The lowest BCUT2D eigenvalue weighted by molar-refractivity contribution is 0.182. The molecule has 0 aliphatic carbocycles. The molecule has 0 bridgehead atoms. The van der Waals surface area contributed by atoms with Crippen LogP contribution in [0.4, 0.5) is 0 Å². The van der Waals surface area contributed by atoms with Crippen LogP contribution in [0.1, 0.15) is 26.2 Å². The van der Waals surface area contributed by atoms with E-state index in [9.17, 15) is 0 Å². The monoisotopic (exact) mass is 189 g/mol. The molecule has 72 valence electrons. The molecule has 1 fully saturated rings. The van der Waals surface area contributed by atoms with Gasteiger partial charge in [0.1, 0.15) is 0 Å². The minimum absolute atomic E-state index is 0.157. The minimum Gasteiger partial charge on any atom is -0.393 e. The summed E-state index contributed by atoms with van der Waals surface area (Å²) in [5.74, 6) is 2.60. The molecule has 1 heterocycles. The van der Waals surface area contributed by atoms with Gasteiger partial charge in [-0.1, -0.05) is 0 Å². The number of rotatable bonds is 4. The van der Waals surface area contributed by atoms with Crippen molar-refractivity contribution in [3.8, 4) is 0 Å². The second-order valence-electron chi connectivity index (χ2n) is 3.48. The first-order chi connectivity index (χ1) is 5.79. The number of nitrogens with one attached hydrogen (secondary N) is 1. The van der Waals surface area contributed by atoms with Gasteiger partial charge in [-0.05, 0) is 44.2 Å². The van der Waals surface area contributed by atoms with Gasteiger partial charge >= 0.3 is 0 Å². The molecule has 0 saturated carbocycles. The summed E-state index contributed by atoms with van der Waals surface area (Å²) in [6.07, 6.45) is 3.31. The zero-order valence-corrected chi connectivity index (χ0v) is 8.57. The average Bonchev–Trinajstić information content (AvgIpc) is 2.05. The van der Waals surface area contributed by atoms with Crippen molar-refractivity contribution in [1.29, 1.82) is 0 Å². The Balaban J connectivity index is 1.98. The van der Waals surface area contributed by atoms with Crippen LogP contribution < -0.4 is 5.32 Å². The molecule has 2 N–H and O–H groups in total. The van der Waals surface area contributed by atoms with Crippen molar-refractivity contribution in [2.45, 2.75) is 38.3 Å². The third-order valence-electron chi connectivity index (χ3n) is 2.22. The first kappa shape index (κ1) is 10.4. The molecule has 1 rings (SSSR count). The molecule has 1 atom stereocenters. The summed E-state index contributed by atoms with van der Waals surface area (Å²) < 4.78 is 0. The van der Waals surface area contributed by atoms with E-state index in [0.29, 0.717) is 6.04 Å². The topological polar surface area (TPSA) is 32.3 Å². The number of aliphatic hydroxyl groups excluding tert-OH is 1. The van der Waals surface area contributed by atoms with Crippen molar-refractivity contribution in [2.75, 3.05) is 18.1 Å². The highest BCUT2D eigenvalue weighted by Gasteiger charge is 2.12. The van der Waals surface area contributed by atoms with Gasteiger partial charge in [-0.15, -0.1) is 0 Å². The Hall–Kier alpha value is 0.270. The molecular formula is C9H19NOS. The van der Waals surface area contributed by atoms with Crippen LogP contribution >= 0.6 is 11.8 Å². The van der Waals surface area contributed by atoms with E-state index >= 15 is 0 Å². The molecule has 12 heavy (non-hydrogen) atoms. The SMILES string of the molecule is CC(O)CCNC1CCSCC1. The van der Waals surface area contributed by atoms with Crippen LogP contribution in [-0.2, 0) is 0 Å². The quantitative estimate of drug-likeness (QED) is 0.698. The lowest BCUT2D eigenvalue weighted by Crippen LogP contribution is -2.34. The fourth-order valence-corrected chi connectivity index (χ4v) is 2.50. The van der Waals surface area contributed by atoms with Gasteiger partial charge in [-0.2, -0.15) is 11.8 Å². The van der Waals surface area contributed by atoms with Gasteiger partial charge in [0.2, 0.25) is 0 Å². The van der Waals surface area contributed by atoms with E-state index in [1.54, 1.807) is 0 Å². The summed E-state index contributed by atoms with van der Waals surface area (Å²) in [6.45, 7) is 2.81. The highest BCUT2D eigenvalue weighted by Crippen LogP contribution is 2.16. The largest absolute Gasteiger partial charge is 0.393 e. The summed E-state index contributed by atoms with van der Waals surface area (Å²) in [6, 6.07) is 0.713. The van der Waals surface area contributed by atoms with E-state index in [0.717, 1.165) is 13.0 Å². The Labute approximate surface area is 79.1 Å². The Morgan fingerprint density at radius 1 is 1.50 bits per heavy atom. The first-order valence-electron chi connectivity index (χ1n) is 4.78. The Morgan fingerprint density at radius 3 is 2.75 bits per heavy atom. The molecule has 3 heteroatoms. The van der Waals surface area contributed by atoms with Crippen molar-refractivity contribution in [1.82, 2.24) is 5.32 Å². The van der Waals surface area contributed by atoms with Crippen LogP contribution in [0.25, 0.3) is 0 Å². The predicted octanol–water partition coefficient (Wildman–Crippen LogP) is 1.24. The molecule has 1 unspecified atom stereocenters. The second kappa shape index (κ2) is 5.84. The van der Waals surface area contributed by atoms with E-state index in [1.807, 2.05) is 18.7 Å². The minimum atomic E-state index is -0.157. The highest BCUT2D eigenvalue weighted by atomic mass is 32.2. The molecule has 1 saturated heterocycles. The summed E-state index contributed by atoms with van der Waals surface area (Å²) >= 11 is 2.05. The van der Waals surface area contributed by atoms with Gasteiger partial charge in [0.25, 0.3) is 0 Å². The lowest BCUT2D eigenvalue weighted by Gasteiger charge is -2.22. The third-order valence-corrected chi connectivity index (χ3v) is 3.27. The van der Waals surface area contributed by atoms with Crippen molar-refractivity contribution in [3.05, 3.63) is 0 Å². The molecule has 0 radical (unpaired) electrons.